The minimum absolute atomic E-state index is 0.0126. The van der Waals surface area contributed by atoms with E-state index in [0.717, 1.165) is 11.1 Å². The minimum Gasteiger partial charge on any atom is -0.490 e. The highest BCUT2D eigenvalue weighted by Crippen LogP contribution is 2.25. The van der Waals surface area contributed by atoms with E-state index in [1.165, 1.54) is 0 Å². The van der Waals surface area contributed by atoms with Crippen LogP contribution in [0.2, 0.25) is 0 Å². The number of imidazole rings is 1. The number of nitrogens with zero attached hydrogens (tertiary/aromatic N) is 2. The van der Waals surface area contributed by atoms with E-state index in [-0.39, 0.29) is 5.78 Å². The van der Waals surface area contributed by atoms with E-state index >= 15 is 0 Å². The van der Waals surface area contributed by atoms with Gasteiger partial charge in [0.15, 0.2) is 17.2 Å². The SMILES string of the molecule is CCOc1cccn2c(C(=O)CCc3ccc(C(C)(C)C(=O)O)cc3)c(C)nc12. The van der Waals surface area contributed by atoms with Crippen molar-refractivity contribution in [2.75, 3.05) is 6.61 Å². The zero-order valence-corrected chi connectivity index (χ0v) is 17.2. The molecule has 0 aliphatic carbocycles. The summed E-state index contributed by atoms with van der Waals surface area (Å²) in [6.07, 6.45) is 2.74. The molecular weight excluding hydrogens is 368 g/mol. The highest BCUT2D eigenvalue weighted by molar-refractivity contribution is 5.96. The lowest BCUT2D eigenvalue weighted by Gasteiger charge is -2.19. The van der Waals surface area contributed by atoms with E-state index in [4.69, 9.17) is 4.74 Å². The summed E-state index contributed by atoms with van der Waals surface area (Å²) in [5.41, 5.74) is 2.69. The first-order valence-corrected chi connectivity index (χ1v) is 9.72. The van der Waals surface area contributed by atoms with Crippen LogP contribution in [0.15, 0.2) is 42.6 Å². The molecule has 3 rings (SSSR count). The number of aryl methyl sites for hydroxylation is 2. The second kappa shape index (κ2) is 8.07. The first-order chi connectivity index (χ1) is 13.8. The summed E-state index contributed by atoms with van der Waals surface area (Å²) in [6.45, 7) is 7.63. The average molecular weight is 394 g/mol. The van der Waals surface area contributed by atoms with Crippen LogP contribution in [0.1, 0.15) is 54.5 Å². The molecule has 0 saturated heterocycles. The van der Waals surface area contributed by atoms with E-state index in [1.807, 2.05) is 56.4 Å². The van der Waals surface area contributed by atoms with Crippen LogP contribution in [0.5, 0.6) is 5.75 Å². The third kappa shape index (κ3) is 4.01. The number of hydrogen-bond donors (Lipinski definition) is 1. The maximum atomic E-state index is 12.9. The Morgan fingerprint density at radius 3 is 2.48 bits per heavy atom. The summed E-state index contributed by atoms with van der Waals surface area (Å²) in [5.74, 6) is -0.192. The number of Topliss-reactive ketones (excluding diaryl/α,β-unsaturated/α-hetero) is 1. The van der Waals surface area contributed by atoms with E-state index in [0.29, 0.717) is 42.2 Å². The van der Waals surface area contributed by atoms with Gasteiger partial charge >= 0.3 is 5.97 Å². The molecule has 152 valence electrons. The van der Waals surface area contributed by atoms with E-state index in [9.17, 15) is 14.7 Å². The van der Waals surface area contributed by atoms with Gasteiger partial charge in [-0.1, -0.05) is 24.3 Å². The molecule has 0 saturated carbocycles. The number of aliphatic carboxylic acids is 1. The van der Waals surface area contributed by atoms with Crippen LogP contribution >= 0.6 is 0 Å². The van der Waals surface area contributed by atoms with Gasteiger partial charge in [0.05, 0.1) is 17.7 Å². The number of hydrogen-bond acceptors (Lipinski definition) is 4. The number of ketones is 1. The standard InChI is InChI=1S/C23H26N2O4/c1-5-29-19-7-6-14-25-20(15(2)24-21(19)25)18(26)13-10-16-8-11-17(12-9-16)23(3,4)22(27)28/h6-9,11-12,14H,5,10,13H2,1-4H3,(H,27,28). The van der Waals surface area contributed by atoms with E-state index in [1.54, 1.807) is 18.2 Å². The summed E-state index contributed by atoms with van der Waals surface area (Å²) >= 11 is 0. The molecule has 6 heteroatoms. The number of rotatable bonds is 8. The maximum absolute atomic E-state index is 12.9. The largest absolute Gasteiger partial charge is 0.490 e. The van der Waals surface area contributed by atoms with E-state index < -0.39 is 11.4 Å². The minimum atomic E-state index is -0.944. The number of benzene rings is 1. The fourth-order valence-corrected chi connectivity index (χ4v) is 3.35. The molecule has 0 atom stereocenters. The summed E-state index contributed by atoms with van der Waals surface area (Å²) < 4.78 is 7.41. The lowest BCUT2D eigenvalue weighted by Crippen LogP contribution is -2.28. The molecular formula is C23H26N2O4. The van der Waals surface area contributed by atoms with Gasteiger partial charge in [0, 0.05) is 12.6 Å². The van der Waals surface area contributed by atoms with Gasteiger partial charge in [0.2, 0.25) is 0 Å². The second-order valence-electron chi connectivity index (χ2n) is 7.60. The fraction of sp³-hybridized carbons (Fsp3) is 0.348. The molecule has 29 heavy (non-hydrogen) atoms. The zero-order chi connectivity index (χ0) is 21.2. The smallest absolute Gasteiger partial charge is 0.313 e. The first-order valence-electron chi connectivity index (χ1n) is 9.72. The number of carbonyl (C=O) groups excluding carboxylic acids is 1. The van der Waals surface area contributed by atoms with E-state index in [2.05, 4.69) is 4.98 Å². The molecule has 1 aromatic carbocycles. The zero-order valence-electron chi connectivity index (χ0n) is 17.2. The van der Waals surface area contributed by atoms with Crippen molar-refractivity contribution in [3.8, 4) is 5.75 Å². The Hall–Kier alpha value is -3.15. The van der Waals surface area contributed by atoms with Gasteiger partial charge in [0.1, 0.15) is 5.69 Å². The number of pyridine rings is 1. The molecule has 0 spiro atoms. The van der Waals surface area contributed by atoms with Crippen molar-refractivity contribution in [1.82, 2.24) is 9.38 Å². The van der Waals surface area contributed by atoms with Crippen molar-refractivity contribution in [1.29, 1.82) is 0 Å². The van der Waals surface area contributed by atoms with Gasteiger partial charge in [-0.3, -0.25) is 14.0 Å². The summed E-state index contributed by atoms with van der Waals surface area (Å²) in [7, 11) is 0. The van der Waals surface area contributed by atoms with Crippen LogP contribution in [-0.2, 0) is 16.6 Å². The second-order valence-corrected chi connectivity index (χ2v) is 7.60. The van der Waals surface area contributed by atoms with Gasteiger partial charge < -0.3 is 9.84 Å². The molecule has 2 aromatic heterocycles. The third-order valence-electron chi connectivity index (χ3n) is 5.20. The van der Waals surface area contributed by atoms with Gasteiger partial charge in [-0.15, -0.1) is 0 Å². The highest BCUT2D eigenvalue weighted by atomic mass is 16.5. The molecule has 0 fully saturated rings. The maximum Gasteiger partial charge on any atom is 0.313 e. The number of ether oxygens (including phenoxy) is 1. The Morgan fingerprint density at radius 1 is 1.17 bits per heavy atom. The fourth-order valence-electron chi connectivity index (χ4n) is 3.35. The number of aromatic nitrogens is 2. The van der Waals surface area contributed by atoms with Gasteiger partial charge in [-0.25, -0.2) is 4.98 Å². The van der Waals surface area contributed by atoms with Crippen LogP contribution in [-0.4, -0.2) is 32.9 Å². The molecule has 1 N–H and O–H groups in total. The predicted molar refractivity (Wildman–Crippen MR) is 111 cm³/mol. The Morgan fingerprint density at radius 2 is 1.86 bits per heavy atom. The molecule has 0 unspecified atom stereocenters. The van der Waals surface area contributed by atoms with Gasteiger partial charge in [-0.2, -0.15) is 0 Å². The van der Waals surface area contributed by atoms with Crippen LogP contribution in [0.25, 0.3) is 5.65 Å². The topological polar surface area (TPSA) is 80.9 Å². The summed E-state index contributed by atoms with van der Waals surface area (Å²) in [5, 5.41) is 9.35. The van der Waals surface area contributed by atoms with Crippen LogP contribution in [0, 0.1) is 6.92 Å². The Bertz CT molecular complexity index is 1050. The number of fused-ring (bicyclic) bond motifs is 1. The monoisotopic (exact) mass is 394 g/mol. The predicted octanol–water partition coefficient (Wildman–Crippen LogP) is 4.22. The number of carboxylic acid groups (broad SMARTS) is 1. The number of carboxylic acids is 1. The Kier molecular flexibility index (Phi) is 5.73. The molecule has 0 aliphatic rings. The Balaban J connectivity index is 1.77. The van der Waals surface area contributed by atoms with Crippen molar-refractivity contribution in [2.24, 2.45) is 0 Å². The van der Waals surface area contributed by atoms with Crippen LogP contribution in [0.4, 0.5) is 0 Å². The van der Waals surface area contributed by atoms with Gasteiger partial charge in [-0.05, 0) is 57.4 Å². The summed E-state index contributed by atoms with van der Waals surface area (Å²) in [6, 6.07) is 11.1. The van der Waals surface area contributed by atoms with Crippen LogP contribution in [0.3, 0.4) is 0 Å². The normalized spacial score (nSPS) is 11.6. The molecule has 6 nitrogen and oxygen atoms in total. The van der Waals surface area contributed by atoms with Crippen LogP contribution < -0.4 is 4.74 Å². The molecule has 3 aromatic rings. The first kappa shape index (κ1) is 20.6. The highest BCUT2D eigenvalue weighted by Gasteiger charge is 2.29. The molecule has 2 heterocycles. The van der Waals surface area contributed by atoms with Crippen molar-refractivity contribution in [3.05, 3.63) is 65.1 Å². The van der Waals surface area contributed by atoms with Crippen molar-refractivity contribution in [3.63, 3.8) is 0 Å². The molecule has 0 aliphatic heterocycles. The summed E-state index contributed by atoms with van der Waals surface area (Å²) in [4.78, 5) is 28.8. The number of carbonyl (C=O) groups is 2. The Labute approximate surface area is 170 Å². The lowest BCUT2D eigenvalue weighted by atomic mass is 9.84. The van der Waals surface area contributed by atoms with Crippen molar-refractivity contribution >= 4 is 17.4 Å². The van der Waals surface area contributed by atoms with Gasteiger partial charge in [0.25, 0.3) is 0 Å². The molecule has 0 amide bonds. The lowest BCUT2D eigenvalue weighted by molar-refractivity contribution is -0.142. The molecule has 0 radical (unpaired) electrons. The average Bonchev–Trinajstić information content (AvgIpc) is 3.03. The van der Waals surface area contributed by atoms with Crippen molar-refractivity contribution in [2.45, 2.75) is 46.0 Å². The molecule has 0 bridgehead atoms. The quantitative estimate of drug-likeness (QED) is 0.579. The third-order valence-corrected chi connectivity index (χ3v) is 5.20. The van der Waals surface area contributed by atoms with Crippen molar-refractivity contribution < 1.29 is 19.4 Å².